The molecule has 3 unspecified atom stereocenters. The molecule has 3 atom stereocenters. The highest BCUT2D eigenvalue weighted by molar-refractivity contribution is 6.22. The molecule has 4 aliphatic carbocycles. The highest BCUT2D eigenvalue weighted by Crippen LogP contribution is 2.47. The van der Waals surface area contributed by atoms with Crippen LogP contribution in [0.25, 0.3) is 44.7 Å². The Labute approximate surface area is 263 Å². The first-order chi connectivity index (χ1) is 22.3. The average molecular weight is 585 g/mol. The molecule has 1 N–H and O–H groups in total. The number of rotatable bonds is 3. The number of hydrogen-bond donors (Lipinski definition) is 1. The summed E-state index contributed by atoms with van der Waals surface area (Å²) in [6.07, 6.45) is 26.6. The van der Waals surface area contributed by atoms with E-state index in [0.717, 1.165) is 43.4 Å². The minimum atomic E-state index is 0.108. The Kier molecular flexibility index (Phi) is 5.68. The van der Waals surface area contributed by atoms with Crippen LogP contribution in [0.4, 0.5) is 5.69 Å². The van der Waals surface area contributed by atoms with Crippen LogP contribution in [0.2, 0.25) is 0 Å². The van der Waals surface area contributed by atoms with Crippen molar-refractivity contribution in [2.45, 2.75) is 57.3 Å². The van der Waals surface area contributed by atoms with E-state index in [2.05, 4.69) is 119 Å². The molecule has 1 aromatic heterocycles. The maximum atomic E-state index is 6.39. The van der Waals surface area contributed by atoms with Gasteiger partial charge in [-0.2, -0.15) is 0 Å². The second kappa shape index (κ2) is 9.95. The Balaban J connectivity index is 1.16. The SMILES string of the molecule is C1=Cc2cc(C3NC(C4=CC=C5C=CCCC5C4)N3c3cccc4c3ccc3ccc5oc6c(c5c34)CCC=C6)ccc2CC1. The van der Waals surface area contributed by atoms with Gasteiger partial charge in [-0.3, -0.25) is 5.32 Å². The normalized spacial score (nSPS) is 23.5. The number of hydrogen-bond acceptors (Lipinski definition) is 3. The van der Waals surface area contributed by atoms with Gasteiger partial charge in [0.05, 0.1) is 0 Å². The second-order valence-electron chi connectivity index (χ2n) is 13.4. The van der Waals surface area contributed by atoms with Gasteiger partial charge < -0.3 is 9.32 Å². The van der Waals surface area contributed by atoms with E-state index in [0.29, 0.717) is 5.92 Å². The van der Waals surface area contributed by atoms with Crippen molar-refractivity contribution in [2.75, 3.05) is 4.90 Å². The van der Waals surface area contributed by atoms with Crippen molar-refractivity contribution in [1.29, 1.82) is 0 Å². The first-order valence-electron chi connectivity index (χ1n) is 16.8. The van der Waals surface area contributed by atoms with E-state index in [9.17, 15) is 0 Å². The summed E-state index contributed by atoms with van der Waals surface area (Å²) in [5.41, 5.74) is 10.8. The summed E-state index contributed by atoms with van der Waals surface area (Å²) < 4.78 is 6.39. The summed E-state index contributed by atoms with van der Waals surface area (Å²) in [6.45, 7) is 0. The molecule has 220 valence electrons. The molecule has 45 heavy (non-hydrogen) atoms. The third-order valence-electron chi connectivity index (χ3n) is 10.9. The zero-order chi connectivity index (χ0) is 29.5. The van der Waals surface area contributed by atoms with E-state index in [1.165, 1.54) is 78.9 Å². The van der Waals surface area contributed by atoms with Crippen LogP contribution in [0.3, 0.4) is 0 Å². The molecule has 5 aliphatic rings. The fraction of sp³-hybridized carbons (Fsp3) is 0.238. The van der Waals surface area contributed by atoms with Gasteiger partial charge in [-0.05, 0) is 114 Å². The van der Waals surface area contributed by atoms with E-state index in [1.807, 2.05) is 0 Å². The monoisotopic (exact) mass is 584 g/mol. The van der Waals surface area contributed by atoms with Crippen molar-refractivity contribution in [2.24, 2.45) is 5.92 Å². The van der Waals surface area contributed by atoms with Gasteiger partial charge in [0.25, 0.3) is 0 Å². The average Bonchev–Trinajstić information content (AvgIpc) is 3.47. The summed E-state index contributed by atoms with van der Waals surface area (Å²) in [4.78, 5) is 2.67. The van der Waals surface area contributed by atoms with Gasteiger partial charge in [-0.25, -0.2) is 0 Å². The van der Waals surface area contributed by atoms with Gasteiger partial charge in [0.1, 0.15) is 23.7 Å². The molecule has 1 saturated heterocycles. The zero-order valence-electron chi connectivity index (χ0n) is 25.4. The lowest BCUT2D eigenvalue weighted by atomic mass is 9.79. The van der Waals surface area contributed by atoms with Crippen molar-refractivity contribution in [3.8, 4) is 0 Å². The molecule has 0 amide bonds. The first-order valence-corrected chi connectivity index (χ1v) is 16.8. The fourth-order valence-corrected chi connectivity index (χ4v) is 8.66. The van der Waals surface area contributed by atoms with E-state index < -0.39 is 0 Å². The lowest BCUT2D eigenvalue weighted by Gasteiger charge is -2.53. The molecular weight excluding hydrogens is 548 g/mol. The highest BCUT2D eigenvalue weighted by Gasteiger charge is 2.42. The van der Waals surface area contributed by atoms with E-state index >= 15 is 0 Å². The van der Waals surface area contributed by atoms with Crippen molar-refractivity contribution >= 4 is 50.4 Å². The number of benzene rings is 4. The number of aryl methyl sites for hydroxylation is 2. The summed E-state index contributed by atoms with van der Waals surface area (Å²) in [5, 5.41) is 10.6. The van der Waals surface area contributed by atoms with Crippen LogP contribution in [0.5, 0.6) is 0 Å². The number of nitrogens with one attached hydrogen (secondary N) is 1. The minimum Gasteiger partial charge on any atom is -0.456 e. The van der Waals surface area contributed by atoms with E-state index in [4.69, 9.17) is 4.42 Å². The lowest BCUT2D eigenvalue weighted by molar-refractivity contribution is 0.294. The van der Waals surface area contributed by atoms with Gasteiger partial charge in [0.2, 0.25) is 0 Å². The number of furan rings is 1. The molecule has 1 fully saturated rings. The van der Waals surface area contributed by atoms with Gasteiger partial charge in [-0.1, -0.05) is 85.0 Å². The first kappa shape index (κ1) is 25.7. The third-order valence-corrected chi connectivity index (χ3v) is 10.9. The van der Waals surface area contributed by atoms with Gasteiger partial charge in [-0.15, -0.1) is 0 Å². The summed E-state index contributed by atoms with van der Waals surface area (Å²) >= 11 is 0. The number of nitrogens with zero attached hydrogens (tertiary/aromatic N) is 1. The summed E-state index contributed by atoms with van der Waals surface area (Å²) in [5.74, 6) is 1.65. The van der Waals surface area contributed by atoms with E-state index in [1.54, 1.807) is 0 Å². The molecule has 1 aliphatic heterocycles. The second-order valence-corrected chi connectivity index (χ2v) is 13.4. The van der Waals surface area contributed by atoms with Crippen LogP contribution in [0.15, 0.2) is 113 Å². The summed E-state index contributed by atoms with van der Waals surface area (Å²) in [7, 11) is 0. The van der Waals surface area contributed by atoms with Gasteiger partial charge in [0, 0.05) is 27.4 Å². The van der Waals surface area contributed by atoms with Crippen molar-refractivity contribution in [3.05, 3.63) is 136 Å². The molecular formula is C42H36N2O. The number of anilines is 1. The molecule has 2 heterocycles. The Bertz CT molecular complexity index is 2210. The Morgan fingerprint density at radius 1 is 0.756 bits per heavy atom. The standard InChI is InChI=1S/C42H36N2O/c1-3-10-29-24-31(18-16-26(29)8-1)41-43-42(32-19-17-27-9-2-4-11-30(27)25-32)44(41)36-14-7-13-34-33(36)22-20-28-21-23-38-40(39(28)34)35-12-5-6-15-37(35)45-38/h1,4,6-8,11,13-23,25,29,41-43H,2-3,5,9-10,12,24H2. The van der Waals surface area contributed by atoms with Crippen LogP contribution in [0, 0.1) is 5.92 Å². The van der Waals surface area contributed by atoms with Crippen LogP contribution in [-0.2, 0) is 12.8 Å². The molecule has 3 heteroatoms. The van der Waals surface area contributed by atoms with Crippen molar-refractivity contribution in [3.63, 3.8) is 0 Å². The molecule has 3 nitrogen and oxygen atoms in total. The Morgan fingerprint density at radius 3 is 2.67 bits per heavy atom. The van der Waals surface area contributed by atoms with Gasteiger partial charge in [0.15, 0.2) is 0 Å². The maximum absolute atomic E-state index is 6.39. The smallest absolute Gasteiger partial charge is 0.135 e. The number of fused-ring (bicyclic) bond motifs is 9. The Hall–Kier alpha value is -4.60. The highest BCUT2D eigenvalue weighted by atomic mass is 16.3. The third kappa shape index (κ3) is 3.93. The predicted molar refractivity (Wildman–Crippen MR) is 187 cm³/mol. The molecule has 4 aromatic carbocycles. The minimum absolute atomic E-state index is 0.108. The van der Waals surface area contributed by atoms with Crippen LogP contribution >= 0.6 is 0 Å². The maximum Gasteiger partial charge on any atom is 0.135 e. The van der Waals surface area contributed by atoms with Crippen LogP contribution in [-0.4, -0.2) is 6.17 Å². The molecule has 0 radical (unpaired) electrons. The molecule has 5 aromatic rings. The molecule has 10 rings (SSSR count). The zero-order valence-corrected chi connectivity index (χ0v) is 25.4. The topological polar surface area (TPSA) is 28.4 Å². The largest absolute Gasteiger partial charge is 0.456 e. The molecule has 0 spiro atoms. The summed E-state index contributed by atoms with van der Waals surface area (Å²) in [6, 6.07) is 23.1. The van der Waals surface area contributed by atoms with Crippen molar-refractivity contribution < 1.29 is 4.42 Å². The predicted octanol–water partition coefficient (Wildman–Crippen LogP) is 10.3. The Morgan fingerprint density at radius 2 is 1.67 bits per heavy atom. The van der Waals surface area contributed by atoms with Crippen molar-refractivity contribution in [1.82, 2.24) is 5.32 Å². The lowest BCUT2D eigenvalue weighted by Crippen LogP contribution is -2.65. The molecule has 0 saturated carbocycles. The molecule has 0 bridgehead atoms. The number of allylic oxidation sites excluding steroid dienone is 7. The van der Waals surface area contributed by atoms with E-state index in [-0.39, 0.29) is 12.3 Å². The van der Waals surface area contributed by atoms with Crippen LogP contribution < -0.4 is 10.2 Å². The fourth-order valence-electron chi connectivity index (χ4n) is 8.66. The van der Waals surface area contributed by atoms with Gasteiger partial charge >= 0.3 is 0 Å². The quantitative estimate of drug-likeness (QED) is 0.214. The van der Waals surface area contributed by atoms with Crippen LogP contribution in [0.1, 0.15) is 66.3 Å².